The van der Waals surface area contributed by atoms with Gasteiger partial charge in [-0.3, -0.25) is 4.79 Å². The first kappa shape index (κ1) is 16.3. The summed E-state index contributed by atoms with van der Waals surface area (Å²) in [7, 11) is -1.41. The van der Waals surface area contributed by atoms with Gasteiger partial charge < -0.3 is 9.64 Å². The highest BCUT2D eigenvalue weighted by molar-refractivity contribution is 7.91. The molecule has 23 heavy (non-hydrogen) atoms. The molecule has 2 fully saturated rings. The van der Waals surface area contributed by atoms with Crippen LogP contribution in [0.4, 0.5) is 0 Å². The maximum atomic E-state index is 12.7. The molecule has 2 aliphatic heterocycles. The number of sulfone groups is 1. The number of methoxy groups -OCH3 is 1. The van der Waals surface area contributed by atoms with Crippen LogP contribution in [0.2, 0.25) is 0 Å². The molecule has 2 heterocycles. The number of carbonyl (C=O) groups is 1. The van der Waals surface area contributed by atoms with Gasteiger partial charge in [-0.05, 0) is 43.4 Å². The van der Waals surface area contributed by atoms with Crippen molar-refractivity contribution in [3.05, 3.63) is 29.8 Å². The summed E-state index contributed by atoms with van der Waals surface area (Å²) < 4.78 is 28.8. The maximum absolute atomic E-state index is 12.7. The van der Waals surface area contributed by atoms with Crippen LogP contribution in [0.5, 0.6) is 5.75 Å². The van der Waals surface area contributed by atoms with Gasteiger partial charge in [0.15, 0.2) is 0 Å². The highest BCUT2D eigenvalue weighted by Crippen LogP contribution is 2.38. The second kappa shape index (κ2) is 6.15. The van der Waals surface area contributed by atoms with Crippen molar-refractivity contribution >= 4 is 15.7 Å². The summed E-state index contributed by atoms with van der Waals surface area (Å²) in [6.45, 7) is 0. The van der Waals surface area contributed by atoms with Gasteiger partial charge in [-0.2, -0.15) is 0 Å². The van der Waals surface area contributed by atoms with Crippen LogP contribution in [-0.4, -0.2) is 49.9 Å². The van der Waals surface area contributed by atoms with E-state index >= 15 is 0 Å². The molecule has 1 aromatic rings. The summed E-state index contributed by atoms with van der Waals surface area (Å²) in [5.74, 6) is 0.840. The summed E-state index contributed by atoms with van der Waals surface area (Å²) in [5.41, 5.74) is 0.930. The second-order valence-corrected chi connectivity index (χ2v) is 8.96. The Bertz CT molecular complexity index is 686. The van der Waals surface area contributed by atoms with E-state index < -0.39 is 9.84 Å². The zero-order valence-electron chi connectivity index (χ0n) is 13.6. The van der Waals surface area contributed by atoms with Crippen molar-refractivity contribution in [2.75, 3.05) is 13.4 Å². The Morgan fingerprint density at radius 3 is 2.48 bits per heavy atom. The van der Waals surface area contributed by atoms with Crippen LogP contribution in [-0.2, 0) is 21.1 Å². The van der Waals surface area contributed by atoms with Gasteiger partial charge in [0.25, 0.3) is 0 Å². The molecule has 0 saturated carbocycles. The van der Waals surface area contributed by atoms with E-state index in [0.29, 0.717) is 19.3 Å². The first-order valence-electron chi connectivity index (χ1n) is 8.01. The van der Waals surface area contributed by atoms with Gasteiger partial charge in [-0.1, -0.05) is 12.1 Å². The summed E-state index contributed by atoms with van der Waals surface area (Å²) in [6, 6.07) is 7.69. The van der Waals surface area contributed by atoms with Crippen LogP contribution in [0.1, 0.15) is 31.2 Å². The fraction of sp³-hybridized carbons (Fsp3) is 0.588. The molecule has 1 aromatic carbocycles. The highest BCUT2D eigenvalue weighted by Gasteiger charge is 2.45. The largest absolute Gasteiger partial charge is 0.497 e. The molecular formula is C17H23NO4S. The normalized spacial score (nSPS) is 27.0. The van der Waals surface area contributed by atoms with Gasteiger partial charge in [-0.25, -0.2) is 8.42 Å². The molecule has 0 N–H and O–H groups in total. The van der Waals surface area contributed by atoms with Crippen molar-refractivity contribution in [3.8, 4) is 5.75 Å². The summed E-state index contributed by atoms with van der Waals surface area (Å²) >= 11 is 0. The third-order valence-electron chi connectivity index (χ3n) is 5.07. The molecule has 2 bridgehead atoms. The molecule has 2 saturated heterocycles. The third kappa shape index (κ3) is 3.37. The predicted molar refractivity (Wildman–Crippen MR) is 88.2 cm³/mol. The lowest BCUT2D eigenvalue weighted by atomic mass is 10.0. The van der Waals surface area contributed by atoms with Crippen molar-refractivity contribution in [1.82, 2.24) is 4.90 Å². The zero-order chi connectivity index (χ0) is 16.6. The maximum Gasteiger partial charge on any atom is 0.227 e. The number of hydrogen-bond acceptors (Lipinski definition) is 4. The fourth-order valence-corrected chi connectivity index (χ4v) is 5.08. The van der Waals surface area contributed by atoms with E-state index in [-0.39, 0.29) is 23.2 Å². The van der Waals surface area contributed by atoms with Crippen molar-refractivity contribution < 1.29 is 17.9 Å². The molecule has 0 aromatic heterocycles. The quantitative estimate of drug-likeness (QED) is 0.840. The minimum atomic E-state index is -3.02. The Balaban J connectivity index is 1.71. The summed E-state index contributed by atoms with van der Waals surface area (Å²) in [4.78, 5) is 14.7. The third-order valence-corrected chi connectivity index (χ3v) is 6.67. The van der Waals surface area contributed by atoms with Crippen molar-refractivity contribution in [2.45, 2.75) is 49.4 Å². The molecule has 0 spiro atoms. The number of piperidine rings is 1. The van der Waals surface area contributed by atoms with E-state index in [0.717, 1.165) is 24.2 Å². The number of fused-ring (bicyclic) bond motifs is 2. The number of carbonyl (C=O) groups excluding carboxylic acids is 1. The summed E-state index contributed by atoms with van der Waals surface area (Å²) in [5, 5.41) is -0.291. The molecule has 3 rings (SSSR count). The standard InChI is InChI=1S/C17H23NO4S/c1-22-15-5-3-4-12(8-15)9-17(19)18-13-6-7-14(18)11-16(10-13)23(2,20)21/h3-5,8,13-14,16H,6-7,9-11H2,1-2H3/t13-,14-/m0/s1. The van der Waals surface area contributed by atoms with Crippen LogP contribution in [0, 0.1) is 0 Å². The molecule has 6 heteroatoms. The molecule has 2 atom stereocenters. The topological polar surface area (TPSA) is 63.7 Å². The lowest BCUT2D eigenvalue weighted by Gasteiger charge is -2.38. The number of ether oxygens (including phenoxy) is 1. The van der Waals surface area contributed by atoms with E-state index in [2.05, 4.69) is 0 Å². The smallest absolute Gasteiger partial charge is 0.227 e. The number of nitrogens with zero attached hydrogens (tertiary/aromatic N) is 1. The second-order valence-electron chi connectivity index (χ2n) is 6.64. The monoisotopic (exact) mass is 337 g/mol. The average molecular weight is 337 g/mol. The molecule has 0 radical (unpaired) electrons. The fourth-order valence-electron chi connectivity index (χ4n) is 3.93. The molecule has 0 unspecified atom stereocenters. The zero-order valence-corrected chi connectivity index (χ0v) is 14.4. The van der Waals surface area contributed by atoms with Gasteiger partial charge in [0.05, 0.1) is 18.8 Å². The Morgan fingerprint density at radius 2 is 1.91 bits per heavy atom. The minimum absolute atomic E-state index is 0.0755. The SMILES string of the molecule is COc1cccc(CC(=O)N2[C@H]3CC[C@H]2CC(S(C)(=O)=O)C3)c1. The van der Waals surface area contributed by atoms with E-state index in [9.17, 15) is 13.2 Å². The number of rotatable bonds is 4. The highest BCUT2D eigenvalue weighted by atomic mass is 32.2. The first-order chi connectivity index (χ1) is 10.9. The van der Waals surface area contributed by atoms with E-state index in [1.807, 2.05) is 29.2 Å². The number of amides is 1. The lowest BCUT2D eigenvalue weighted by molar-refractivity contribution is -0.134. The Morgan fingerprint density at radius 1 is 1.26 bits per heavy atom. The molecule has 1 amide bonds. The van der Waals surface area contributed by atoms with Gasteiger partial charge in [0.2, 0.25) is 5.91 Å². The van der Waals surface area contributed by atoms with Crippen LogP contribution in [0.25, 0.3) is 0 Å². The Hall–Kier alpha value is -1.56. The Kier molecular flexibility index (Phi) is 4.36. The molecule has 0 aliphatic carbocycles. The number of hydrogen-bond donors (Lipinski definition) is 0. The minimum Gasteiger partial charge on any atom is -0.497 e. The van der Waals surface area contributed by atoms with Crippen LogP contribution >= 0.6 is 0 Å². The molecular weight excluding hydrogens is 314 g/mol. The van der Waals surface area contributed by atoms with Gasteiger partial charge in [0, 0.05) is 18.3 Å². The average Bonchev–Trinajstić information content (AvgIpc) is 2.76. The van der Waals surface area contributed by atoms with Crippen LogP contribution < -0.4 is 4.74 Å². The number of benzene rings is 1. The summed E-state index contributed by atoms with van der Waals surface area (Å²) in [6.07, 6.45) is 4.65. The van der Waals surface area contributed by atoms with Gasteiger partial charge >= 0.3 is 0 Å². The van der Waals surface area contributed by atoms with Gasteiger partial charge in [-0.15, -0.1) is 0 Å². The van der Waals surface area contributed by atoms with E-state index in [4.69, 9.17) is 4.74 Å². The van der Waals surface area contributed by atoms with Crippen LogP contribution in [0.15, 0.2) is 24.3 Å². The van der Waals surface area contributed by atoms with Crippen LogP contribution in [0.3, 0.4) is 0 Å². The molecule has 126 valence electrons. The van der Waals surface area contributed by atoms with Crippen molar-refractivity contribution in [3.63, 3.8) is 0 Å². The van der Waals surface area contributed by atoms with Gasteiger partial charge in [0.1, 0.15) is 15.6 Å². The molecule has 5 nitrogen and oxygen atoms in total. The lowest BCUT2D eigenvalue weighted by Crippen LogP contribution is -2.50. The van der Waals surface area contributed by atoms with Crippen molar-refractivity contribution in [1.29, 1.82) is 0 Å². The van der Waals surface area contributed by atoms with E-state index in [1.54, 1.807) is 7.11 Å². The van der Waals surface area contributed by atoms with E-state index in [1.165, 1.54) is 6.26 Å². The predicted octanol–water partition coefficient (Wildman–Crippen LogP) is 1.80. The molecule has 2 aliphatic rings. The van der Waals surface area contributed by atoms with Crippen molar-refractivity contribution in [2.24, 2.45) is 0 Å². The Labute approximate surface area is 137 Å². The first-order valence-corrected chi connectivity index (χ1v) is 9.97.